The predicted molar refractivity (Wildman–Crippen MR) is 75.6 cm³/mol. The van der Waals surface area contributed by atoms with Crippen LogP contribution in [0.4, 0.5) is 5.69 Å². The highest BCUT2D eigenvalue weighted by Gasteiger charge is 2.22. The van der Waals surface area contributed by atoms with Gasteiger partial charge in [0.15, 0.2) is 0 Å². The fraction of sp³-hybridized carbons (Fsp3) is 0. The molecular weight excluding hydrogens is 292 g/mol. The molecule has 2 aromatic carbocycles. The van der Waals surface area contributed by atoms with Gasteiger partial charge in [0.25, 0.3) is 0 Å². The fourth-order valence-electron chi connectivity index (χ4n) is 1.33. The van der Waals surface area contributed by atoms with Crippen LogP contribution in [0.15, 0.2) is 54.6 Å². The van der Waals surface area contributed by atoms with E-state index in [9.17, 15) is 4.57 Å². The Hall–Kier alpha value is -1.15. The van der Waals surface area contributed by atoms with Crippen molar-refractivity contribution in [2.24, 2.45) is 0 Å². The Labute approximate surface area is 115 Å². The molecule has 0 radical (unpaired) electrons. The molecule has 0 aliphatic carbocycles. The van der Waals surface area contributed by atoms with Crippen LogP contribution in [0, 0.1) is 0 Å². The topological polar surface area (TPSA) is 38.3 Å². The van der Waals surface area contributed by atoms with Crippen molar-refractivity contribution in [3.05, 3.63) is 59.6 Å². The van der Waals surface area contributed by atoms with Gasteiger partial charge in [-0.2, -0.15) is 0 Å². The summed E-state index contributed by atoms with van der Waals surface area (Å²) in [6.45, 7) is -3.53. The van der Waals surface area contributed by atoms with Gasteiger partial charge in [0.2, 0.25) is 0 Å². The second-order valence-electron chi connectivity index (χ2n) is 3.48. The molecule has 0 saturated heterocycles. The molecule has 1 atom stereocenters. The second-order valence-corrected chi connectivity index (χ2v) is 6.59. The number of hydrogen-bond donors (Lipinski definition) is 1. The first-order chi connectivity index (χ1) is 8.57. The van der Waals surface area contributed by atoms with Crippen molar-refractivity contribution in [3.63, 3.8) is 0 Å². The highest BCUT2D eigenvalue weighted by atomic mass is 35.7. The molecule has 0 heterocycles. The molecule has 0 fully saturated rings. The van der Waals surface area contributed by atoms with E-state index >= 15 is 0 Å². The number of nitrogens with one attached hydrogen (secondary N) is 1. The van der Waals surface area contributed by atoms with E-state index in [0.29, 0.717) is 10.7 Å². The molecule has 3 nitrogen and oxygen atoms in total. The summed E-state index contributed by atoms with van der Waals surface area (Å²) >= 11 is 11.7. The van der Waals surface area contributed by atoms with Crippen LogP contribution in [0.1, 0.15) is 0 Å². The zero-order chi connectivity index (χ0) is 13.0. The molecule has 0 aliphatic rings. The summed E-state index contributed by atoms with van der Waals surface area (Å²) in [6.07, 6.45) is 0. The third-order valence-electron chi connectivity index (χ3n) is 2.09. The SMILES string of the molecule is O=[P@](Cl)(Nc1ccccc1)Oc1ccccc1Cl. The van der Waals surface area contributed by atoms with Crippen LogP contribution < -0.4 is 9.61 Å². The van der Waals surface area contributed by atoms with Crippen LogP contribution in [-0.2, 0) is 4.57 Å². The van der Waals surface area contributed by atoms with E-state index in [-0.39, 0.29) is 5.75 Å². The van der Waals surface area contributed by atoms with Crippen molar-refractivity contribution < 1.29 is 9.09 Å². The molecule has 0 unspecified atom stereocenters. The third kappa shape index (κ3) is 3.67. The van der Waals surface area contributed by atoms with Gasteiger partial charge in [0.1, 0.15) is 5.75 Å². The Kier molecular flexibility index (Phi) is 4.18. The Morgan fingerprint density at radius 3 is 2.28 bits per heavy atom. The summed E-state index contributed by atoms with van der Waals surface area (Å²) in [5.41, 5.74) is 0.614. The lowest BCUT2D eigenvalue weighted by Crippen LogP contribution is -1.98. The average molecular weight is 302 g/mol. The van der Waals surface area contributed by atoms with Crippen LogP contribution in [0.25, 0.3) is 0 Å². The minimum atomic E-state index is -3.53. The van der Waals surface area contributed by atoms with E-state index in [1.54, 1.807) is 48.5 Å². The van der Waals surface area contributed by atoms with Crippen LogP contribution in [0.5, 0.6) is 5.75 Å². The summed E-state index contributed by atoms with van der Waals surface area (Å²) in [4.78, 5) is 0. The standard InChI is InChI=1S/C12H10Cl2NO2P/c13-11-8-4-5-9-12(11)17-18(14,16)15-10-6-2-1-3-7-10/h1-9H,(H,15,16)/t18-/m0/s1. The van der Waals surface area contributed by atoms with Gasteiger partial charge < -0.3 is 4.52 Å². The minimum Gasteiger partial charge on any atom is -0.417 e. The molecule has 2 aromatic rings. The Morgan fingerprint density at radius 2 is 1.61 bits per heavy atom. The Morgan fingerprint density at radius 1 is 1.00 bits per heavy atom. The summed E-state index contributed by atoms with van der Waals surface area (Å²) in [6, 6.07) is 15.6. The molecule has 0 spiro atoms. The molecule has 0 bridgehead atoms. The van der Waals surface area contributed by atoms with E-state index < -0.39 is 6.87 Å². The summed E-state index contributed by atoms with van der Waals surface area (Å²) in [7, 11) is 0. The van der Waals surface area contributed by atoms with Crippen molar-refractivity contribution in [3.8, 4) is 5.75 Å². The highest BCUT2D eigenvalue weighted by Crippen LogP contribution is 2.52. The van der Waals surface area contributed by atoms with Gasteiger partial charge in [-0.15, -0.1) is 0 Å². The average Bonchev–Trinajstić information content (AvgIpc) is 2.32. The molecular formula is C12H10Cl2NO2P. The number of halogens is 2. The van der Waals surface area contributed by atoms with Crippen LogP contribution in [0.3, 0.4) is 0 Å². The van der Waals surface area contributed by atoms with Crippen LogP contribution in [0.2, 0.25) is 5.02 Å². The zero-order valence-corrected chi connectivity index (χ0v) is 11.6. The summed E-state index contributed by atoms with van der Waals surface area (Å²) < 4.78 is 17.3. The monoisotopic (exact) mass is 301 g/mol. The third-order valence-corrected chi connectivity index (χ3v) is 3.82. The molecule has 0 aliphatic heterocycles. The number of anilines is 1. The molecule has 0 amide bonds. The molecule has 0 aromatic heterocycles. The van der Waals surface area contributed by atoms with Gasteiger partial charge in [-0.3, -0.25) is 5.09 Å². The number of hydrogen-bond acceptors (Lipinski definition) is 2. The maximum atomic E-state index is 12.1. The highest BCUT2D eigenvalue weighted by molar-refractivity contribution is 7.86. The first-order valence-electron chi connectivity index (χ1n) is 5.14. The van der Waals surface area contributed by atoms with Crippen molar-refractivity contribution in [2.75, 3.05) is 5.09 Å². The number of para-hydroxylation sites is 2. The quantitative estimate of drug-likeness (QED) is 0.791. The smallest absolute Gasteiger partial charge is 0.417 e. The van der Waals surface area contributed by atoms with Gasteiger partial charge in [-0.1, -0.05) is 41.9 Å². The van der Waals surface area contributed by atoms with E-state index in [0.717, 1.165) is 0 Å². The van der Waals surface area contributed by atoms with E-state index in [2.05, 4.69) is 5.09 Å². The molecule has 6 heteroatoms. The normalized spacial score (nSPS) is 13.7. The van der Waals surface area contributed by atoms with E-state index in [4.69, 9.17) is 27.4 Å². The Balaban J connectivity index is 2.13. The van der Waals surface area contributed by atoms with Crippen LogP contribution >= 0.6 is 29.7 Å². The first kappa shape index (κ1) is 13.3. The maximum Gasteiger partial charge on any atom is 0.435 e. The molecule has 18 heavy (non-hydrogen) atoms. The number of rotatable bonds is 4. The maximum absolute atomic E-state index is 12.1. The lowest BCUT2D eigenvalue weighted by molar-refractivity contribution is 0.503. The predicted octanol–water partition coefficient (Wildman–Crippen LogP) is 5.18. The number of benzene rings is 2. The van der Waals surface area contributed by atoms with Crippen molar-refractivity contribution in [1.82, 2.24) is 0 Å². The second kappa shape index (κ2) is 5.66. The minimum absolute atomic E-state index is 0.279. The van der Waals surface area contributed by atoms with Gasteiger partial charge in [0.05, 0.1) is 5.02 Å². The van der Waals surface area contributed by atoms with E-state index in [1.165, 1.54) is 0 Å². The van der Waals surface area contributed by atoms with E-state index in [1.807, 2.05) is 6.07 Å². The molecule has 2 rings (SSSR count). The largest absolute Gasteiger partial charge is 0.435 e. The lowest BCUT2D eigenvalue weighted by Gasteiger charge is -2.15. The molecule has 0 saturated carbocycles. The first-order valence-corrected chi connectivity index (χ1v) is 8.05. The van der Waals surface area contributed by atoms with Gasteiger partial charge in [0, 0.05) is 16.9 Å². The Bertz CT molecular complexity index is 577. The lowest BCUT2D eigenvalue weighted by atomic mass is 10.3. The van der Waals surface area contributed by atoms with Crippen molar-refractivity contribution in [2.45, 2.75) is 0 Å². The molecule has 94 valence electrons. The molecule has 1 N–H and O–H groups in total. The van der Waals surface area contributed by atoms with Gasteiger partial charge >= 0.3 is 6.87 Å². The van der Waals surface area contributed by atoms with Crippen molar-refractivity contribution in [1.29, 1.82) is 0 Å². The van der Waals surface area contributed by atoms with Gasteiger partial charge in [-0.05, 0) is 24.3 Å². The van der Waals surface area contributed by atoms with Gasteiger partial charge in [-0.25, -0.2) is 4.57 Å². The van der Waals surface area contributed by atoms with Crippen molar-refractivity contribution >= 4 is 35.4 Å². The summed E-state index contributed by atoms with van der Waals surface area (Å²) in [5.74, 6) is 0.279. The fourth-order valence-corrected chi connectivity index (χ4v) is 2.99. The van der Waals surface area contributed by atoms with Crippen LogP contribution in [-0.4, -0.2) is 0 Å². The zero-order valence-electron chi connectivity index (χ0n) is 9.22. The summed E-state index contributed by atoms with van der Waals surface area (Å²) in [5, 5.41) is 2.99.